The van der Waals surface area contributed by atoms with Crippen molar-refractivity contribution in [3.63, 3.8) is 0 Å². The molecule has 33 heavy (non-hydrogen) atoms. The zero-order chi connectivity index (χ0) is 23.6. The molecular weight excluding hydrogens is 442 g/mol. The number of hydrogen-bond acceptors (Lipinski definition) is 5. The van der Waals surface area contributed by atoms with Crippen LogP contribution in [0.2, 0.25) is 0 Å². The Labute approximate surface area is 195 Å². The maximum absolute atomic E-state index is 13.2. The van der Waals surface area contributed by atoms with Gasteiger partial charge in [-0.05, 0) is 56.0 Å². The number of aryl methyl sites for hydroxylation is 1. The Morgan fingerprint density at radius 2 is 1.61 bits per heavy atom. The number of benzene rings is 1. The van der Waals surface area contributed by atoms with Crippen molar-refractivity contribution in [2.24, 2.45) is 13.0 Å². The van der Waals surface area contributed by atoms with E-state index >= 15 is 0 Å². The fraction of sp³-hybridized carbons (Fsp3) is 0.500. The van der Waals surface area contributed by atoms with Crippen LogP contribution in [0.4, 0.5) is 0 Å². The first-order valence-corrected chi connectivity index (χ1v) is 12.9. The molecule has 2 saturated heterocycles. The molecule has 4 rings (SSSR count). The summed E-state index contributed by atoms with van der Waals surface area (Å²) in [6, 6.07) is 8.58. The highest BCUT2D eigenvalue weighted by Gasteiger charge is 2.32. The van der Waals surface area contributed by atoms with Gasteiger partial charge in [0.05, 0.1) is 7.11 Å². The van der Waals surface area contributed by atoms with Crippen LogP contribution < -0.4 is 4.74 Å². The topological polar surface area (TPSA) is 88.9 Å². The number of nitrogens with zero attached hydrogens (tertiary/aromatic N) is 3. The number of rotatable bonds is 6. The molecule has 0 aliphatic carbocycles. The number of carbonyl (C=O) groups is 2. The van der Waals surface area contributed by atoms with Crippen molar-refractivity contribution < 1.29 is 22.7 Å². The van der Waals surface area contributed by atoms with Gasteiger partial charge < -0.3 is 14.2 Å². The third-order valence-corrected chi connectivity index (χ3v) is 8.54. The maximum Gasteiger partial charge on any atom is 0.270 e. The zero-order valence-electron chi connectivity index (χ0n) is 19.2. The number of piperidine rings is 2. The van der Waals surface area contributed by atoms with E-state index in [0.717, 1.165) is 19.3 Å². The largest absolute Gasteiger partial charge is 0.497 e. The summed E-state index contributed by atoms with van der Waals surface area (Å²) >= 11 is 0. The molecule has 9 heteroatoms. The van der Waals surface area contributed by atoms with Gasteiger partial charge >= 0.3 is 0 Å². The summed E-state index contributed by atoms with van der Waals surface area (Å²) in [5.41, 5.74) is 1.00. The lowest BCUT2D eigenvalue weighted by atomic mass is 9.89. The highest BCUT2D eigenvalue weighted by molar-refractivity contribution is 7.89. The van der Waals surface area contributed by atoms with E-state index in [1.165, 1.54) is 16.6 Å². The van der Waals surface area contributed by atoms with Crippen LogP contribution in [0.5, 0.6) is 5.75 Å². The van der Waals surface area contributed by atoms with E-state index in [1.54, 1.807) is 47.9 Å². The first-order valence-electron chi connectivity index (χ1n) is 11.5. The van der Waals surface area contributed by atoms with Gasteiger partial charge in [-0.1, -0.05) is 6.42 Å². The van der Waals surface area contributed by atoms with Crippen LogP contribution in [-0.4, -0.2) is 67.2 Å². The standard InChI is InChI=1S/C24H31N3O5S/c1-25-17-21(33(30,31)27-12-4-3-5-13-27)16-22(25)24(29)26-14-10-19(11-15-26)23(28)18-6-8-20(32-2)9-7-18/h6-9,16-17,19H,3-5,10-15H2,1-2H3. The van der Waals surface area contributed by atoms with Crippen molar-refractivity contribution in [2.75, 3.05) is 33.3 Å². The Kier molecular flexibility index (Phi) is 6.90. The summed E-state index contributed by atoms with van der Waals surface area (Å²) in [5.74, 6) is 0.452. The summed E-state index contributed by atoms with van der Waals surface area (Å²) in [6.07, 6.45) is 5.46. The molecule has 0 radical (unpaired) electrons. The smallest absolute Gasteiger partial charge is 0.270 e. The van der Waals surface area contributed by atoms with Gasteiger partial charge in [-0.3, -0.25) is 9.59 Å². The Hall–Kier alpha value is -2.65. The van der Waals surface area contributed by atoms with E-state index in [0.29, 0.717) is 56.0 Å². The number of carbonyl (C=O) groups excluding carboxylic acids is 2. The first kappa shape index (κ1) is 23.5. The van der Waals surface area contributed by atoms with E-state index in [1.807, 2.05) is 0 Å². The molecule has 1 aromatic heterocycles. The molecule has 2 aromatic rings. The molecule has 2 aliphatic heterocycles. The Balaban J connectivity index is 1.41. The van der Waals surface area contributed by atoms with Crippen molar-refractivity contribution in [1.82, 2.24) is 13.8 Å². The number of aromatic nitrogens is 1. The van der Waals surface area contributed by atoms with Crippen LogP contribution >= 0.6 is 0 Å². The number of methoxy groups -OCH3 is 1. The van der Waals surface area contributed by atoms with Crippen molar-refractivity contribution in [2.45, 2.75) is 37.0 Å². The monoisotopic (exact) mass is 473 g/mol. The fourth-order valence-electron chi connectivity index (χ4n) is 4.64. The average molecular weight is 474 g/mol. The molecule has 2 aliphatic rings. The van der Waals surface area contributed by atoms with Crippen LogP contribution in [0, 0.1) is 5.92 Å². The van der Waals surface area contributed by atoms with E-state index < -0.39 is 10.0 Å². The van der Waals surface area contributed by atoms with Gasteiger partial charge in [0, 0.05) is 50.9 Å². The lowest BCUT2D eigenvalue weighted by Gasteiger charge is -2.31. The summed E-state index contributed by atoms with van der Waals surface area (Å²) in [6.45, 7) is 1.97. The lowest BCUT2D eigenvalue weighted by Crippen LogP contribution is -2.40. The van der Waals surface area contributed by atoms with Crippen molar-refractivity contribution in [3.05, 3.63) is 47.8 Å². The molecule has 0 atom stereocenters. The maximum atomic E-state index is 13.2. The molecule has 0 bridgehead atoms. The van der Waals surface area contributed by atoms with Gasteiger partial charge in [0.15, 0.2) is 5.78 Å². The molecular formula is C24H31N3O5S. The number of hydrogen-bond donors (Lipinski definition) is 0. The third kappa shape index (κ3) is 4.84. The third-order valence-electron chi connectivity index (χ3n) is 6.68. The lowest BCUT2D eigenvalue weighted by molar-refractivity contribution is 0.0642. The van der Waals surface area contributed by atoms with Gasteiger partial charge in [0.1, 0.15) is 16.3 Å². The molecule has 178 valence electrons. The zero-order valence-corrected chi connectivity index (χ0v) is 20.0. The molecule has 0 N–H and O–H groups in total. The highest BCUT2D eigenvalue weighted by atomic mass is 32.2. The van der Waals surface area contributed by atoms with E-state index in [4.69, 9.17) is 4.74 Å². The molecule has 0 unspecified atom stereocenters. The van der Waals surface area contributed by atoms with E-state index in [9.17, 15) is 18.0 Å². The Morgan fingerprint density at radius 3 is 2.21 bits per heavy atom. The minimum atomic E-state index is -3.60. The van der Waals surface area contributed by atoms with E-state index in [-0.39, 0.29) is 22.5 Å². The number of sulfonamides is 1. The second kappa shape index (κ2) is 9.69. The number of likely N-dealkylation sites (tertiary alicyclic amines) is 1. The summed E-state index contributed by atoms with van der Waals surface area (Å²) in [4.78, 5) is 27.9. The highest BCUT2D eigenvalue weighted by Crippen LogP contribution is 2.26. The van der Waals surface area contributed by atoms with Crippen molar-refractivity contribution in [3.8, 4) is 5.75 Å². The summed E-state index contributed by atoms with van der Waals surface area (Å²) in [5, 5.41) is 0. The number of ketones is 1. The SMILES string of the molecule is COc1ccc(C(=O)C2CCN(C(=O)c3cc(S(=O)(=O)N4CCCCC4)cn3C)CC2)cc1. The quantitative estimate of drug-likeness (QED) is 0.602. The normalized spacial score (nSPS) is 18.3. The number of ether oxygens (including phenoxy) is 1. The van der Waals surface area contributed by atoms with Crippen LogP contribution in [0.25, 0.3) is 0 Å². The van der Waals surface area contributed by atoms with Gasteiger partial charge in [-0.15, -0.1) is 0 Å². The van der Waals surface area contributed by atoms with Crippen LogP contribution in [0.15, 0.2) is 41.4 Å². The second-order valence-corrected chi connectivity index (χ2v) is 10.7. The fourth-order valence-corrected chi connectivity index (χ4v) is 6.23. The number of amides is 1. The van der Waals surface area contributed by atoms with Crippen LogP contribution in [0.3, 0.4) is 0 Å². The summed E-state index contributed by atoms with van der Waals surface area (Å²) < 4.78 is 34.2. The van der Waals surface area contributed by atoms with Gasteiger partial charge in [-0.25, -0.2) is 8.42 Å². The minimum absolute atomic E-state index is 0.0820. The predicted octanol–water partition coefficient (Wildman–Crippen LogP) is 2.94. The predicted molar refractivity (Wildman–Crippen MR) is 124 cm³/mol. The molecule has 2 fully saturated rings. The number of Topliss-reactive ketones (excluding diaryl/α,β-unsaturated/α-hetero) is 1. The minimum Gasteiger partial charge on any atom is -0.497 e. The molecule has 0 spiro atoms. The van der Waals surface area contributed by atoms with Crippen molar-refractivity contribution >= 4 is 21.7 Å². The van der Waals surface area contributed by atoms with Crippen molar-refractivity contribution in [1.29, 1.82) is 0 Å². The molecule has 0 saturated carbocycles. The molecule has 1 amide bonds. The molecule has 8 nitrogen and oxygen atoms in total. The molecule has 3 heterocycles. The second-order valence-electron chi connectivity index (χ2n) is 8.80. The summed E-state index contributed by atoms with van der Waals surface area (Å²) in [7, 11) is -0.313. The first-order chi connectivity index (χ1) is 15.8. The Morgan fingerprint density at radius 1 is 0.970 bits per heavy atom. The van der Waals surface area contributed by atoms with Gasteiger partial charge in [0.2, 0.25) is 10.0 Å². The molecule has 1 aromatic carbocycles. The van der Waals surface area contributed by atoms with Crippen LogP contribution in [-0.2, 0) is 17.1 Å². The van der Waals surface area contributed by atoms with Crippen LogP contribution in [0.1, 0.15) is 53.0 Å². The van der Waals surface area contributed by atoms with E-state index in [2.05, 4.69) is 0 Å². The average Bonchev–Trinajstić information content (AvgIpc) is 3.26. The van der Waals surface area contributed by atoms with Gasteiger partial charge in [0.25, 0.3) is 5.91 Å². The Bertz CT molecular complexity index is 1110. The van der Waals surface area contributed by atoms with Gasteiger partial charge in [-0.2, -0.15) is 4.31 Å².